The average molecular weight is 517 g/mol. The van der Waals surface area contributed by atoms with E-state index >= 15 is 0 Å². The van der Waals surface area contributed by atoms with E-state index in [1.165, 1.54) is 22.8 Å². The summed E-state index contributed by atoms with van der Waals surface area (Å²) in [5.41, 5.74) is 7.81. The number of carbonyl (C=O) groups is 2. The first-order chi connectivity index (χ1) is 18.1. The third-order valence-corrected chi connectivity index (χ3v) is 5.59. The molecule has 1 amide bonds. The third-order valence-electron chi connectivity index (χ3n) is 5.59. The maximum Gasteiger partial charge on any atom is 0.491 e. The van der Waals surface area contributed by atoms with Gasteiger partial charge in [-0.25, -0.2) is 4.79 Å². The highest BCUT2D eigenvalue weighted by Crippen LogP contribution is 2.37. The lowest BCUT2D eigenvalue weighted by atomic mass is 10.1. The van der Waals surface area contributed by atoms with E-state index in [-0.39, 0.29) is 35.4 Å². The van der Waals surface area contributed by atoms with Gasteiger partial charge in [0.05, 0.1) is 28.8 Å². The standard InChI is InChI=1S/C27H18F3N5O3/c28-27(29,30)26(37)38-24-21-11-20(33)7-8-22(21)35(15-19-6-2-4-17(10-19)13-32)23(24)25(36)34-14-18-5-1-3-16(9-18)12-31/h1-11H,14-15,33H2,(H,34,36). The molecule has 1 heterocycles. The van der Waals surface area contributed by atoms with Crippen LogP contribution < -0.4 is 15.8 Å². The van der Waals surface area contributed by atoms with E-state index in [0.717, 1.165) is 0 Å². The van der Waals surface area contributed by atoms with Gasteiger partial charge >= 0.3 is 12.1 Å². The van der Waals surface area contributed by atoms with Crippen LogP contribution in [0, 0.1) is 22.7 Å². The second-order valence-electron chi connectivity index (χ2n) is 8.23. The van der Waals surface area contributed by atoms with Gasteiger partial charge in [0.2, 0.25) is 0 Å². The van der Waals surface area contributed by atoms with E-state index in [1.807, 2.05) is 12.1 Å². The molecular formula is C27H18F3N5O3. The normalized spacial score (nSPS) is 11.0. The highest BCUT2D eigenvalue weighted by atomic mass is 19.4. The highest BCUT2D eigenvalue weighted by Gasteiger charge is 2.43. The third kappa shape index (κ3) is 5.42. The van der Waals surface area contributed by atoms with Gasteiger partial charge in [0, 0.05) is 24.2 Å². The monoisotopic (exact) mass is 517 g/mol. The number of nitrogens with two attached hydrogens (primary N) is 1. The first kappa shape index (κ1) is 25.8. The van der Waals surface area contributed by atoms with Crippen LogP contribution in [-0.2, 0) is 17.9 Å². The quantitative estimate of drug-likeness (QED) is 0.287. The number of amides is 1. The van der Waals surface area contributed by atoms with Crippen molar-refractivity contribution in [2.24, 2.45) is 0 Å². The molecule has 0 saturated carbocycles. The lowest BCUT2D eigenvalue weighted by Gasteiger charge is -2.13. The summed E-state index contributed by atoms with van der Waals surface area (Å²) >= 11 is 0. The maximum atomic E-state index is 13.5. The Morgan fingerprint density at radius 1 is 0.947 bits per heavy atom. The molecule has 0 atom stereocenters. The van der Waals surface area contributed by atoms with Crippen molar-refractivity contribution in [1.29, 1.82) is 10.5 Å². The molecule has 3 N–H and O–H groups in total. The van der Waals surface area contributed by atoms with Crippen molar-refractivity contribution in [1.82, 2.24) is 9.88 Å². The second-order valence-corrected chi connectivity index (χ2v) is 8.23. The van der Waals surface area contributed by atoms with Crippen LogP contribution in [0.4, 0.5) is 18.9 Å². The molecule has 3 aromatic carbocycles. The van der Waals surface area contributed by atoms with Crippen LogP contribution in [0.5, 0.6) is 5.75 Å². The zero-order valence-electron chi connectivity index (χ0n) is 19.5. The second kappa shape index (κ2) is 10.4. The SMILES string of the molecule is N#Cc1cccc(CNC(=O)c2c(OC(=O)C(F)(F)F)c3cc(N)ccc3n2Cc2cccc(C#N)c2)c1. The summed E-state index contributed by atoms with van der Waals surface area (Å²) in [5.74, 6) is -3.93. The molecule has 0 aliphatic carbocycles. The molecule has 38 heavy (non-hydrogen) atoms. The molecule has 11 heteroatoms. The molecule has 4 rings (SSSR count). The molecule has 190 valence electrons. The number of rotatable bonds is 6. The van der Waals surface area contributed by atoms with E-state index in [9.17, 15) is 28.0 Å². The number of ether oxygens (including phenoxy) is 1. The van der Waals surface area contributed by atoms with E-state index in [0.29, 0.717) is 22.3 Å². The Bertz CT molecular complexity index is 1640. The smallest absolute Gasteiger partial charge is 0.417 e. The molecule has 0 spiro atoms. The van der Waals surface area contributed by atoms with E-state index in [1.54, 1.807) is 48.5 Å². The molecule has 1 aromatic heterocycles. The molecule has 0 bridgehead atoms. The summed E-state index contributed by atoms with van der Waals surface area (Å²) in [6, 6.07) is 21.2. The molecular weight excluding hydrogens is 499 g/mol. The van der Waals surface area contributed by atoms with Crippen LogP contribution in [0.3, 0.4) is 0 Å². The summed E-state index contributed by atoms with van der Waals surface area (Å²) in [5, 5.41) is 21.0. The number of carbonyl (C=O) groups excluding carboxylic acids is 2. The summed E-state index contributed by atoms with van der Waals surface area (Å²) in [6.07, 6.45) is -5.32. The lowest BCUT2D eigenvalue weighted by Crippen LogP contribution is -2.30. The highest BCUT2D eigenvalue weighted by molar-refractivity contribution is 6.06. The van der Waals surface area contributed by atoms with Crippen molar-refractivity contribution in [2.45, 2.75) is 19.3 Å². The topological polar surface area (TPSA) is 134 Å². The molecule has 4 aromatic rings. The summed E-state index contributed by atoms with van der Waals surface area (Å²) < 4.78 is 45.6. The Labute approximate surface area is 214 Å². The van der Waals surface area contributed by atoms with Gasteiger partial charge in [-0.1, -0.05) is 24.3 Å². The van der Waals surface area contributed by atoms with Crippen LogP contribution in [0.2, 0.25) is 0 Å². The number of benzene rings is 3. The fraction of sp³-hybridized carbons (Fsp3) is 0.111. The number of hydrogen-bond donors (Lipinski definition) is 2. The van der Waals surface area contributed by atoms with Crippen LogP contribution >= 0.6 is 0 Å². The van der Waals surface area contributed by atoms with Gasteiger partial charge in [0.15, 0.2) is 11.4 Å². The van der Waals surface area contributed by atoms with Gasteiger partial charge in [-0.15, -0.1) is 0 Å². The van der Waals surface area contributed by atoms with Gasteiger partial charge in [-0.2, -0.15) is 23.7 Å². The number of nitrogens with one attached hydrogen (secondary N) is 1. The largest absolute Gasteiger partial charge is 0.491 e. The van der Waals surface area contributed by atoms with Gasteiger partial charge in [0.25, 0.3) is 5.91 Å². The van der Waals surface area contributed by atoms with Gasteiger partial charge in [-0.3, -0.25) is 4.79 Å². The van der Waals surface area contributed by atoms with Gasteiger partial charge in [-0.05, 0) is 53.6 Å². The number of nitriles is 2. The number of hydrogen-bond acceptors (Lipinski definition) is 6. The lowest BCUT2D eigenvalue weighted by molar-refractivity contribution is -0.189. The Morgan fingerprint density at radius 3 is 2.21 bits per heavy atom. The molecule has 0 aliphatic rings. The number of nitrogens with zero attached hydrogens (tertiary/aromatic N) is 3. The summed E-state index contributed by atoms with van der Waals surface area (Å²) in [7, 11) is 0. The van der Waals surface area contributed by atoms with E-state index < -0.39 is 23.8 Å². The predicted molar refractivity (Wildman–Crippen MR) is 131 cm³/mol. The van der Waals surface area contributed by atoms with Crippen LogP contribution in [0.15, 0.2) is 66.7 Å². The first-order valence-corrected chi connectivity index (χ1v) is 11.1. The maximum absolute atomic E-state index is 13.5. The van der Waals surface area contributed by atoms with Crippen molar-refractivity contribution in [3.63, 3.8) is 0 Å². The fourth-order valence-corrected chi connectivity index (χ4v) is 3.92. The van der Waals surface area contributed by atoms with E-state index in [4.69, 9.17) is 15.7 Å². The minimum Gasteiger partial charge on any atom is -0.417 e. The van der Waals surface area contributed by atoms with Gasteiger partial charge < -0.3 is 20.4 Å². The predicted octanol–water partition coefficient (Wildman–Crippen LogP) is 4.41. The molecule has 0 aliphatic heterocycles. The summed E-state index contributed by atoms with van der Waals surface area (Å²) in [4.78, 5) is 25.3. The van der Waals surface area contributed by atoms with Crippen molar-refractivity contribution >= 4 is 28.5 Å². The van der Waals surface area contributed by atoms with E-state index in [2.05, 4.69) is 5.32 Å². The number of aromatic nitrogens is 1. The summed E-state index contributed by atoms with van der Waals surface area (Å²) in [6.45, 7) is -0.0965. The van der Waals surface area contributed by atoms with Gasteiger partial charge in [0.1, 0.15) is 0 Å². The molecule has 0 radical (unpaired) electrons. The Kier molecular flexibility index (Phi) is 7.04. The van der Waals surface area contributed by atoms with Crippen molar-refractivity contribution < 1.29 is 27.5 Å². The Morgan fingerprint density at radius 2 is 1.58 bits per heavy atom. The van der Waals surface area contributed by atoms with Crippen molar-refractivity contribution in [3.8, 4) is 17.9 Å². The fourth-order valence-electron chi connectivity index (χ4n) is 3.92. The number of alkyl halides is 3. The Balaban J connectivity index is 1.85. The first-order valence-electron chi connectivity index (χ1n) is 11.1. The molecule has 0 unspecified atom stereocenters. The Hall–Kier alpha value is -5.29. The molecule has 8 nitrogen and oxygen atoms in total. The van der Waals surface area contributed by atoms with Crippen LogP contribution in [-0.4, -0.2) is 22.6 Å². The van der Waals surface area contributed by atoms with Crippen molar-refractivity contribution in [3.05, 3.63) is 94.7 Å². The molecule has 0 fully saturated rings. The zero-order chi connectivity index (χ0) is 27.4. The minimum absolute atomic E-state index is 0.0238. The van der Waals surface area contributed by atoms with Crippen LogP contribution in [0.25, 0.3) is 10.9 Å². The molecule has 0 saturated heterocycles. The number of halogens is 3. The number of anilines is 1. The number of esters is 1. The van der Waals surface area contributed by atoms with Crippen molar-refractivity contribution in [2.75, 3.05) is 5.73 Å². The minimum atomic E-state index is -5.32. The average Bonchev–Trinajstić information content (AvgIpc) is 3.18. The number of fused-ring (bicyclic) bond motifs is 1. The zero-order valence-corrected chi connectivity index (χ0v) is 19.5. The number of nitrogen functional groups attached to an aromatic ring is 1. The van der Waals surface area contributed by atoms with Crippen LogP contribution in [0.1, 0.15) is 32.7 Å².